The van der Waals surface area contributed by atoms with E-state index in [1.807, 2.05) is 30.3 Å². The highest BCUT2D eigenvalue weighted by atomic mass is 19.4. The van der Waals surface area contributed by atoms with Crippen molar-refractivity contribution in [3.05, 3.63) is 65.7 Å². The van der Waals surface area contributed by atoms with Crippen LogP contribution >= 0.6 is 0 Å². The van der Waals surface area contributed by atoms with Crippen molar-refractivity contribution in [3.63, 3.8) is 0 Å². The largest absolute Gasteiger partial charge is 0.416 e. The second-order valence-corrected chi connectivity index (χ2v) is 7.77. The van der Waals surface area contributed by atoms with Gasteiger partial charge in [-0.1, -0.05) is 30.3 Å². The maximum atomic E-state index is 13.1. The molecule has 0 aromatic heterocycles. The summed E-state index contributed by atoms with van der Waals surface area (Å²) in [6.07, 6.45) is -0.625. The number of hydrogen-bond acceptors (Lipinski definition) is 3. The molecule has 2 aromatic carbocycles. The fraction of sp³-hybridized carbons (Fsp3) is 0.292. The average Bonchev–Trinajstić information content (AvgIpc) is 2.78. The van der Waals surface area contributed by atoms with Gasteiger partial charge in [-0.15, -0.1) is 0 Å². The summed E-state index contributed by atoms with van der Waals surface area (Å²) in [5.74, 6) is -1.55. The van der Waals surface area contributed by atoms with E-state index >= 15 is 0 Å². The lowest BCUT2D eigenvalue weighted by Gasteiger charge is -2.30. The molecule has 1 aliphatic heterocycles. The van der Waals surface area contributed by atoms with Crippen molar-refractivity contribution in [2.75, 3.05) is 23.7 Å². The van der Waals surface area contributed by atoms with Crippen molar-refractivity contribution in [2.24, 2.45) is 5.92 Å². The summed E-state index contributed by atoms with van der Waals surface area (Å²) in [6.45, 7) is 1.94. The van der Waals surface area contributed by atoms with Crippen LogP contribution in [0.1, 0.15) is 30.9 Å². The van der Waals surface area contributed by atoms with E-state index in [4.69, 9.17) is 0 Å². The zero-order valence-electron chi connectivity index (χ0n) is 18.0. The molecule has 0 unspecified atom stereocenters. The lowest BCUT2D eigenvalue weighted by Crippen LogP contribution is -2.40. The molecule has 0 aliphatic carbocycles. The third kappa shape index (κ3) is 6.68. The van der Waals surface area contributed by atoms with E-state index < -0.39 is 29.5 Å². The summed E-state index contributed by atoms with van der Waals surface area (Å²) in [4.78, 5) is 38.2. The molecule has 174 valence electrons. The minimum atomic E-state index is -4.59. The smallest absolute Gasteiger partial charge is 0.339 e. The van der Waals surface area contributed by atoms with E-state index in [9.17, 15) is 27.6 Å². The lowest BCUT2D eigenvalue weighted by molar-refractivity contribution is -0.137. The van der Waals surface area contributed by atoms with E-state index in [2.05, 4.69) is 10.6 Å². The molecule has 1 aliphatic rings. The number of anilines is 2. The molecular formula is C24H24F3N3O3. The van der Waals surface area contributed by atoms with E-state index in [1.54, 1.807) is 11.0 Å². The Balaban J connectivity index is 1.62. The quantitative estimate of drug-likeness (QED) is 0.644. The number of nitrogens with one attached hydrogen (secondary N) is 2. The number of halogens is 3. The first-order valence-electron chi connectivity index (χ1n) is 10.4. The standard InChI is InChI=1S/C24H24F3N3O3/c1-16(31)28-20-9-8-19(24(25,26)27)15-21(20)29-23(33)18-11-13-30(14-12-18)22(32)10-7-17-5-3-2-4-6-17/h2-10,15,18H,11-14H2,1H3,(H,28,31)(H,29,33)/b10-7+. The SMILES string of the molecule is CC(=O)Nc1ccc(C(F)(F)F)cc1NC(=O)C1CCN(C(=O)/C=C/c2ccccc2)CC1. The molecule has 6 nitrogen and oxygen atoms in total. The predicted octanol–water partition coefficient (Wildman–Crippen LogP) is 4.55. The van der Waals surface area contributed by atoms with Gasteiger partial charge in [0.2, 0.25) is 17.7 Å². The van der Waals surface area contributed by atoms with Crippen LogP contribution in [0.5, 0.6) is 0 Å². The first kappa shape index (κ1) is 24.0. The summed E-state index contributed by atoms with van der Waals surface area (Å²) >= 11 is 0. The van der Waals surface area contributed by atoms with Gasteiger partial charge in [0.05, 0.1) is 16.9 Å². The second-order valence-electron chi connectivity index (χ2n) is 7.77. The minimum absolute atomic E-state index is 0.0857. The molecule has 0 spiro atoms. The number of hydrogen-bond donors (Lipinski definition) is 2. The fourth-order valence-corrected chi connectivity index (χ4v) is 3.56. The first-order chi connectivity index (χ1) is 15.6. The monoisotopic (exact) mass is 459 g/mol. The van der Waals surface area contributed by atoms with Gasteiger partial charge in [-0.2, -0.15) is 13.2 Å². The first-order valence-corrected chi connectivity index (χ1v) is 10.4. The fourth-order valence-electron chi connectivity index (χ4n) is 3.56. The van der Waals surface area contributed by atoms with Gasteiger partial charge < -0.3 is 15.5 Å². The van der Waals surface area contributed by atoms with Crippen molar-refractivity contribution in [1.29, 1.82) is 0 Å². The predicted molar refractivity (Wildman–Crippen MR) is 119 cm³/mol. The van der Waals surface area contributed by atoms with Gasteiger partial charge in [-0.25, -0.2) is 0 Å². The molecule has 1 saturated heterocycles. The van der Waals surface area contributed by atoms with Crippen LogP contribution in [0.25, 0.3) is 6.08 Å². The Hall–Kier alpha value is -3.62. The summed E-state index contributed by atoms with van der Waals surface area (Å²) < 4.78 is 39.3. The highest BCUT2D eigenvalue weighted by Crippen LogP contribution is 2.34. The third-order valence-corrected chi connectivity index (χ3v) is 5.31. The molecule has 1 fully saturated rings. The number of carbonyl (C=O) groups is 3. The van der Waals surface area contributed by atoms with E-state index in [1.165, 1.54) is 13.0 Å². The summed E-state index contributed by atoms with van der Waals surface area (Å²) in [6, 6.07) is 12.1. The topological polar surface area (TPSA) is 78.5 Å². The Morgan fingerprint density at radius 1 is 0.970 bits per heavy atom. The van der Waals surface area contributed by atoms with Crippen molar-refractivity contribution >= 4 is 35.2 Å². The number of likely N-dealkylation sites (tertiary alicyclic amines) is 1. The molecule has 3 rings (SSSR count). The van der Waals surface area contributed by atoms with Gasteiger partial charge in [-0.3, -0.25) is 14.4 Å². The molecule has 33 heavy (non-hydrogen) atoms. The van der Waals surface area contributed by atoms with Gasteiger partial charge in [0.1, 0.15) is 0 Å². The highest BCUT2D eigenvalue weighted by molar-refractivity contribution is 6.00. The van der Waals surface area contributed by atoms with Gasteiger partial charge in [-0.05, 0) is 42.7 Å². The molecule has 0 saturated carbocycles. The zero-order valence-corrected chi connectivity index (χ0v) is 18.0. The highest BCUT2D eigenvalue weighted by Gasteiger charge is 2.32. The van der Waals surface area contributed by atoms with Crippen LogP contribution in [0.3, 0.4) is 0 Å². The van der Waals surface area contributed by atoms with E-state index in [0.717, 1.165) is 23.8 Å². The van der Waals surface area contributed by atoms with E-state index in [-0.39, 0.29) is 17.3 Å². The van der Waals surface area contributed by atoms with Crippen LogP contribution in [-0.4, -0.2) is 35.7 Å². The Morgan fingerprint density at radius 3 is 2.24 bits per heavy atom. The molecule has 9 heteroatoms. The van der Waals surface area contributed by atoms with Gasteiger partial charge in [0.15, 0.2) is 0 Å². The number of piperidine rings is 1. The number of alkyl halides is 3. The Kier molecular flexibility index (Phi) is 7.52. The number of benzene rings is 2. The van der Waals surface area contributed by atoms with Crippen molar-refractivity contribution < 1.29 is 27.6 Å². The molecule has 0 atom stereocenters. The average molecular weight is 459 g/mol. The number of rotatable bonds is 5. The van der Waals surface area contributed by atoms with Crippen molar-refractivity contribution in [1.82, 2.24) is 4.90 Å². The maximum absolute atomic E-state index is 13.1. The van der Waals surface area contributed by atoms with Crippen molar-refractivity contribution in [3.8, 4) is 0 Å². The van der Waals surface area contributed by atoms with Crippen molar-refractivity contribution in [2.45, 2.75) is 25.9 Å². The third-order valence-electron chi connectivity index (χ3n) is 5.31. The minimum Gasteiger partial charge on any atom is -0.339 e. The maximum Gasteiger partial charge on any atom is 0.416 e. The van der Waals surface area contributed by atoms with Gasteiger partial charge in [0.25, 0.3) is 0 Å². The Morgan fingerprint density at radius 2 is 1.64 bits per heavy atom. The summed E-state index contributed by atoms with van der Waals surface area (Å²) in [5.41, 5.74) is -0.0643. The summed E-state index contributed by atoms with van der Waals surface area (Å²) in [5, 5.41) is 4.95. The van der Waals surface area contributed by atoms with Gasteiger partial charge >= 0.3 is 6.18 Å². The van der Waals surface area contributed by atoms with Crippen LogP contribution in [-0.2, 0) is 20.6 Å². The normalized spacial score (nSPS) is 14.8. The molecule has 3 amide bonds. The van der Waals surface area contributed by atoms with Crippen LogP contribution in [0.2, 0.25) is 0 Å². The van der Waals surface area contributed by atoms with Crippen LogP contribution in [0.15, 0.2) is 54.6 Å². The molecule has 1 heterocycles. The second kappa shape index (κ2) is 10.3. The molecule has 2 N–H and O–H groups in total. The van der Waals surface area contributed by atoms with E-state index in [0.29, 0.717) is 25.9 Å². The Labute approximate surface area is 189 Å². The number of carbonyl (C=O) groups excluding carboxylic acids is 3. The lowest BCUT2D eigenvalue weighted by atomic mass is 9.95. The zero-order chi connectivity index (χ0) is 24.0. The Bertz CT molecular complexity index is 1040. The van der Waals surface area contributed by atoms with Crippen LogP contribution in [0.4, 0.5) is 24.5 Å². The van der Waals surface area contributed by atoms with Gasteiger partial charge in [0, 0.05) is 32.0 Å². The molecule has 0 bridgehead atoms. The van der Waals surface area contributed by atoms with Crippen LogP contribution < -0.4 is 10.6 Å². The molecule has 2 aromatic rings. The molecule has 0 radical (unpaired) electrons. The number of nitrogens with zero attached hydrogens (tertiary/aromatic N) is 1. The molecular weight excluding hydrogens is 435 g/mol. The summed E-state index contributed by atoms with van der Waals surface area (Å²) in [7, 11) is 0. The number of amides is 3. The van der Waals surface area contributed by atoms with Crippen LogP contribution in [0, 0.1) is 5.92 Å².